The van der Waals surface area contributed by atoms with Crippen molar-refractivity contribution in [2.45, 2.75) is 70.9 Å². The first-order valence-electron chi connectivity index (χ1n) is 13.0. The largest absolute Gasteiger partial charge is 0.478 e. The summed E-state index contributed by atoms with van der Waals surface area (Å²) in [7, 11) is 0. The van der Waals surface area contributed by atoms with Crippen LogP contribution in [0.25, 0.3) is 22.3 Å². The molecule has 1 aliphatic rings. The lowest BCUT2D eigenvalue weighted by atomic mass is 9.96. The van der Waals surface area contributed by atoms with Gasteiger partial charge in [0.15, 0.2) is 5.65 Å². The van der Waals surface area contributed by atoms with Crippen molar-refractivity contribution in [3.8, 4) is 11.1 Å². The monoisotopic (exact) mass is 483 g/mol. The summed E-state index contributed by atoms with van der Waals surface area (Å²) >= 11 is 0. The smallest absolute Gasteiger partial charge is 0.336 e. The third-order valence-electron chi connectivity index (χ3n) is 7.02. The number of fused-ring (bicyclic) bond motifs is 1. The van der Waals surface area contributed by atoms with E-state index in [0.29, 0.717) is 24.1 Å². The highest BCUT2D eigenvalue weighted by atomic mass is 16.4. The number of carboxylic acids is 1. The van der Waals surface area contributed by atoms with Crippen LogP contribution in [-0.4, -0.2) is 36.6 Å². The highest BCUT2D eigenvalue weighted by Crippen LogP contribution is 2.26. The van der Waals surface area contributed by atoms with Crippen LogP contribution in [0.4, 0.5) is 5.95 Å². The molecule has 0 radical (unpaired) electrons. The van der Waals surface area contributed by atoms with Gasteiger partial charge in [0.1, 0.15) is 11.3 Å². The van der Waals surface area contributed by atoms with Gasteiger partial charge in [0.05, 0.1) is 18.3 Å². The van der Waals surface area contributed by atoms with Crippen LogP contribution in [0.1, 0.15) is 73.6 Å². The standard InChI is InChI=1S/C29H33N5O2/c1-2-3-13-26-32-25-18-30-29(31-22-9-5-4-6-10-22)33-27(25)34(26)19-20-14-16-21(17-15-20)23-11-7-8-12-24(23)28(35)36/h7-8,11-12,14-18,22H,2-6,9-10,13,19H2,1H3,(H,35,36)(H,30,31,33). The molecule has 0 unspecified atom stereocenters. The van der Waals surface area contributed by atoms with E-state index in [1.165, 1.54) is 32.1 Å². The Morgan fingerprint density at radius 1 is 1.06 bits per heavy atom. The van der Waals surface area contributed by atoms with Crippen LogP contribution in [0.3, 0.4) is 0 Å². The van der Waals surface area contributed by atoms with Crippen molar-refractivity contribution in [2.75, 3.05) is 5.32 Å². The third-order valence-corrected chi connectivity index (χ3v) is 7.02. The minimum absolute atomic E-state index is 0.308. The summed E-state index contributed by atoms with van der Waals surface area (Å²) in [4.78, 5) is 26.0. The molecule has 7 heteroatoms. The summed E-state index contributed by atoms with van der Waals surface area (Å²) in [5.41, 5.74) is 4.71. The van der Waals surface area contributed by atoms with E-state index in [1.54, 1.807) is 12.1 Å². The van der Waals surface area contributed by atoms with E-state index >= 15 is 0 Å². The molecule has 2 heterocycles. The molecule has 0 atom stereocenters. The molecular weight excluding hydrogens is 450 g/mol. The molecule has 186 valence electrons. The highest BCUT2D eigenvalue weighted by Gasteiger charge is 2.18. The Balaban J connectivity index is 1.44. The van der Waals surface area contributed by atoms with Gasteiger partial charge < -0.3 is 15.0 Å². The van der Waals surface area contributed by atoms with Gasteiger partial charge >= 0.3 is 5.97 Å². The first kappa shape index (κ1) is 24.0. The molecule has 36 heavy (non-hydrogen) atoms. The number of anilines is 1. The van der Waals surface area contributed by atoms with Gasteiger partial charge in [-0.2, -0.15) is 4.98 Å². The summed E-state index contributed by atoms with van der Waals surface area (Å²) in [6, 6.07) is 15.7. The highest BCUT2D eigenvalue weighted by molar-refractivity contribution is 5.96. The molecule has 0 aliphatic heterocycles. The van der Waals surface area contributed by atoms with Crippen LogP contribution >= 0.6 is 0 Å². The van der Waals surface area contributed by atoms with Gasteiger partial charge in [0.25, 0.3) is 0 Å². The lowest BCUT2D eigenvalue weighted by Crippen LogP contribution is -2.23. The fourth-order valence-corrected chi connectivity index (χ4v) is 5.05. The number of hydrogen-bond donors (Lipinski definition) is 2. The van der Waals surface area contributed by atoms with E-state index in [9.17, 15) is 9.90 Å². The zero-order chi connectivity index (χ0) is 24.9. The van der Waals surface area contributed by atoms with E-state index in [2.05, 4.69) is 33.9 Å². The molecule has 7 nitrogen and oxygen atoms in total. The molecule has 1 fully saturated rings. The Morgan fingerprint density at radius 2 is 1.83 bits per heavy atom. The fourth-order valence-electron chi connectivity index (χ4n) is 5.05. The minimum atomic E-state index is -0.919. The molecule has 4 aromatic rings. The van der Waals surface area contributed by atoms with Crippen LogP contribution in [0, 0.1) is 0 Å². The van der Waals surface area contributed by atoms with Gasteiger partial charge in [-0.15, -0.1) is 0 Å². The van der Waals surface area contributed by atoms with E-state index in [-0.39, 0.29) is 0 Å². The maximum atomic E-state index is 11.6. The zero-order valence-corrected chi connectivity index (χ0v) is 20.8. The average Bonchev–Trinajstić information content (AvgIpc) is 3.25. The molecular formula is C29H33N5O2. The topological polar surface area (TPSA) is 92.9 Å². The summed E-state index contributed by atoms with van der Waals surface area (Å²) in [5, 5.41) is 13.1. The van der Waals surface area contributed by atoms with E-state index < -0.39 is 5.97 Å². The van der Waals surface area contributed by atoms with E-state index in [0.717, 1.165) is 52.9 Å². The Hall–Kier alpha value is -3.74. The lowest BCUT2D eigenvalue weighted by molar-refractivity contribution is 0.0697. The Labute approximate surface area is 211 Å². The summed E-state index contributed by atoms with van der Waals surface area (Å²) in [5.74, 6) is 0.784. The Bertz CT molecular complexity index is 1340. The van der Waals surface area contributed by atoms with Crippen molar-refractivity contribution in [3.63, 3.8) is 0 Å². The number of benzene rings is 2. The quantitative estimate of drug-likeness (QED) is 0.289. The molecule has 0 bridgehead atoms. The lowest BCUT2D eigenvalue weighted by Gasteiger charge is -2.22. The molecule has 0 saturated heterocycles. The summed E-state index contributed by atoms with van der Waals surface area (Å²) < 4.78 is 2.21. The van der Waals surface area contributed by atoms with Gasteiger partial charge in [0.2, 0.25) is 5.95 Å². The van der Waals surface area contributed by atoms with E-state index in [4.69, 9.17) is 9.97 Å². The molecule has 2 N–H and O–H groups in total. The fraction of sp³-hybridized carbons (Fsp3) is 0.379. The van der Waals surface area contributed by atoms with Gasteiger partial charge in [0, 0.05) is 12.5 Å². The number of carboxylic acid groups (broad SMARTS) is 1. The first-order chi connectivity index (χ1) is 17.6. The van der Waals surface area contributed by atoms with Crippen molar-refractivity contribution in [1.29, 1.82) is 0 Å². The number of unbranched alkanes of at least 4 members (excludes halogenated alkanes) is 1. The van der Waals surface area contributed by atoms with Crippen molar-refractivity contribution in [2.24, 2.45) is 0 Å². The number of carbonyl (C=O) groups is 1. The number of nitrogens with one attached hydrogen (secondary N) is 1. The maximum Gasteiger partial charge on any atom is 0.336 e. The predicted octanol–water partition coefficient (Wildman–Crippen LogP) is 6.33. The Morgan fingerprint density at radius 3 is 2.58 bits per heavy atom. The van der Waals surface area contributed by atoms with Crippen molar-refractivity contribution in [1.82, 2.24) is 19.5 Å². The maximum absolute atomic E-state index is 11.6. The second-order valence-corrected chi connectivity index (χ2v) is 9.65. The number of imidazole rings is 1. The van der Waals surface area contributed by atoms with Crippen molar-refractivity contribution < 1.29 is 9.90 Å². The SMILES string of the molecule is CCCCc1nc2cnc(NC3CCCCC3)nc2n1Cc1ccc(-c2ccccc2C(=O)O)cc1. The minimum Gasteiger partial charge on any atom is -0.478 e. The molecule has 0 spiro atoms. The van der Waals surface area contributed by atoms with E-state index in [1.807, 2.05) is 30.5 Å². The summed E-state index contributed by atoms with van der Waals surface area (Å²) in [6.45, 7) is 2.84. The second kappa shape index (κ2) is 10.9. The number of hydrogen-bond acceptors (Lipinski definition) is 5. The molecule has 1 saturated carbocycles. The zero-order valence-electron chi connectivity index (χ0n) is 20.8. The Kier molecular flexibility index (Phi) is 7.26. The second-order valence-electron chi connectivity index (χ2n) is 9.65. The van der Waals surface area contributed by atoms with Gasteiger partial charge in [-0.3, -0.25) is 0 Å². The summed E-state index contributed by atoms with van der Waals surface area (Å²) in [6.07, 6.45) is 11.0. The first-order valence-corrected chi connectivity index (χ1v) is 13.0. The van der Waals surface area contributed by atoms with Crippen molar-refractivity contribution >= 4 is 23.1 Å². The number of aromatic carboxylic acids is 1. The number of rotatable bonds is 9. The third kappa shape index (κ3) is 5.25. The van der Waals surface area contributed by atoms with Crippen LogP contribution in [0.2, 0.25) is 0 Å². The van der Waals surface area contributed by atoms with Gasteiger partial charge in [-0.05, 0) is 42.0 Å². The average molecular weight is 484 g/mol. The van der Waals surface area contributed by atoms with Crippen LogP contribution < -0.4 is 5.32 Å². The molecule has 2 aromatic heterocycles. The molecule has 1 aliphatic carbocycles. The van der Waals surface area contributed by atoms with Crippen LogP contribution in [0.5, 0.6) is 0 Å². The van der Waals surface area contributed by atoms with Crippen LogP contribution in [0.15, 0.2) is 54.7 Å². The molecule has 0 amide bonds. The van der Waals surface area contributed by atoms with Crippen molar-refractivity contribution in [3.05, 3.63) is 71.7 Å². The predicted molar refractivity (Wildman–Crippen MR) is 142 cm³/mol. The molecule has 2 aromatic carbocycles. The number of aryl methyl sites for hydroxylation is 1. The molecule has 5 rings (SSSR count). The van der Waals surface area contributed by atoms with Gasteiger partial charge in [-0.1, -0.05) is 75.1 Å². The normalized spacial score (nSPS) is 14.2. The van der Waals surface area contributed by atoms with Crippen LogP contribution in [-0.2, 0) is 13.0 Å². The number of aromatic nitrogens is 4. The van der Waals surface area contributed by atoms with Gasteiger partial charge in [-0.25, -0.2) is 14.8 Å². The number of nitrogens with zero attached hydrogens (tertiary/aromatic N) is 4.